The van der Waals surface area contributed by atoms with Crippen molar-refractivity contribution in [3.05, 3.63) is 30.0 Å². The van der Waals surface area contributed by atoms with E-state index in [0.29, 0.717) is 17.1 Å². The molecule has 1 aromatic carbocycles. The molecule has 6 heteroatoms. The monoisotopic (exact) mass is 256 g/mol. The summed E-state index contributed by atoms with van der Waals surface area (Å²) in [5.41, 5.74) is 1.08. The molecule has 0 bridgehead atoms. The summed E-state index contributed by atoms with van der Waals surface area (Å²) >= 11 is 0. The van der Waals surface area contributed by atoms with Gasteiger partial charge in [0, 0.05) is 18.8 Å². The Morgan fingerprint density at radius 1 is 1.37 bits per heavy atom. The van der Waals surface area contributed by atoms with Crippen LogP contribution in [0.4, 0.5) is 11.4 Å². The van der Waals surface area contributed by atoms with E-state index in [9.17, 15) is 4.79 Å². The van der Waals surface area contributed by atoms with Crippen LogP contribution in [0.15, 0.2) is 30.0 Å². The molecule has 0 saturated carbocycles. The summed E-state index contributed by atoms with van der Waals surface area (Å²) in [7, 11) is 1.50. The van der Waals surface area contributed by atoms with Crippen LogP contribution in [0.25, 0.3) is 0 Å². The number of hydrogen-bond donors (Lipinski definition) is 2. The number of amides is 1. The Morgan fingerprint density at radius 3 is 2.58 bits per heavy atom. The molecular formula is C13H12N4O2. The van der Waals surface area contributed by atoms with Gasteiger partial charge in [-0.3, -0.25) is 4.79 Å². The zero-order chi connectivity index (χ0) is 14.3. The number of rotatable bonds is 4. The number of nitrogens with zero attached hydrogens (tertiary/aromatic N) is 2. The quantitative estimate of drug-likeness (QED) is 0.803. The highest BCUT2D eigenvalue weighted by atomic mass is 16.5. The SMILES string of the molecule is COc1ccc(NC=C(C#N)C#N)cc1NC(C)=O. The molecule has 6 nitrogen and oxygen atoms in total. The van der Waals surface area contributed by atoms with Crippen LogP contribution in [-0.2, 0) is 4.79 Å². The van der Waals surface area contributed by atoms with Crippen molar-refractivity contribution in [3.63, 3.8) is 0 Å². The molecule has 0 aliphatic heterocycles. The van der Waals surface area contributed by atoms with Crippen LogP contribution in [0.1, 0.15) is 6.92 Å². The lowest BCUT2D eigenvalue weighted by molar-refractivity contribution is -0.114. The summed E-state index contributed by atoms with van der Waals surface area (Å²) in [6.45, 7) is 1.39. The van der Waals surface area contributed by atoms with Gasteiger partial charge in [0.1, 0.15) is 23.5 Å². The first-order valence-corrected chi connectivity index (χ1v) is 5.33. The number of methoxy groups -OCH3 is 1. The van der Waals surface area contributed by atoms with Gasteiger partial charge < -0.3 is 15.4 Å². The van der Waals surface area contributed by atoms with Crippen LogP contribution in [0.5, 0.6) is 5.75 Å². The Bertz CT molecular complexity index is 578. The van der Waals surface area contributed by atoms with E-state index in [0.717, 1.165) is 0 Å². The van der Waals surface area contributed by atoms with E-state index >= 15 is 0 Å². The number of anilines is 2. The van der Waals surface area contributed by atoms with Crippen molar-refractivity contribution in [2.24, 2.45) is 0 Å². The van der Waals surface area contributed by atoms with Gasteiger partial charge in [0.15, 0.2) is 0 Å². The molecule has 0 unspecified atom stereocenters. The molecule has 0 heterocycles. The van der Waals surface area contributed by atoms with Gasteiger partial charge in [-0.2, -0.15) is 10.5 Å². The maximum atomic E-state index is 11.1. The summed E-state index contributed by atoms with van der Waals surface area (Å²) in [5, 5.41) is 22.6. The number of carbonyl (C=O) groups excluding carboxylic acids is 1. The molecule has 0 aromatic heterocycles. The second-order valence-corrected chi connectivity index (χ2v) is 3.52. The predicted molar refractivity (Wildman–Crippen MR) is 70.2 cm³/mol. The van der Waals surface area contributed by atoms with Crippen molar-refractivity contribution in [1.29, 1.82) is 10.5 Å². The molecule has 2 N–H and O–H groups in total. The van der Waals surface area contributed by atoms with E-state index in [1.165, 1.54) is 20.2 Å². The fraction of sp³-hybridized carbons (Fsp3) is 0.154. The van der Waals surface area contributed by atoms with Crippen LogP contribution in [0.3, 0.4) is 0 Å². The molecule has 0 saturated heterocycles. The van der Waals surface area contributed by atoms with E-state index in [4.69, 9.17) is 15.3 Å². The first-order chi connectivity index (χ1) is 9.10. The summed E-state index contributed by atoms with van der Waals surface area (Å²) in [6, 6.07) is 8.48. The highest BCUT2D eigenvalue weighted by Crippen LogP contribution is 2.27. The highest BCUT2D eigenvalue weighted by molar-refractivity contribution is 5.91. The topological polar surface area (TPSA) is 97.9 Å². The number of hydrogen-bond acceptors (Lipinski definition) is 5. The Morgan fingerprint density at radius 2 is 2.05 bits per heavy atom. The predicted octanol–water partition coefficient (Wildman–Crippen LogP) is 2.00. The molecule has 0 atom stereocenters. The highest BCUT2D eigenvalue weighted by Gasteiger charge is 2.05. The van der Waals surface area contributed by atoms with Crippen LogP contribution < -0.4 is 15.4 Å². The number of nitriles is 2. The lowest BCUT2D eigenvalue weighted by Crippen LogP contribution is -2.07. The molecule has 19 heavy (non-hydrogen) atoms. The number of allylic oxidation sites excluding steroid dienone is 1. The van der Waals surface area contributed by atoms with Crippen LogP contribution in [-0.4, -0.2) is 13.0 Å². The number of benzene rings is 1. The van der Waals surface area contributed by atoms with E-state index in [2.05, 4.69) is 10.6 Å². The van der Waals surface area contributed by atoms with Gasteiger partial charge in [-0.1, -0.05) is 0 Å². The van der Waals surface area contributed by atoms with Crippen molar-refractivity contribution in [1.82, 2.24) is 0 Å². The second kappa shape index (κ2) is 6.67. The lowest BCUT2D eigenvalue weighted by atomic mass is 10.2. The molecule has 1 amide bonds. The summed E-state index contributed by atoms with van der Waals surface area (Å²) in [4.78, 5) is 11.1. The molecule has 1 aromatic rings. The standard InChI is InChI=1S/C13H12N4O2/c1-9(18)17-12-5-11(3-4-13(12)19-2)16-8-10(6-14)7-15/h3-5,8,16H,1-2H3,(H,17,18). The molecule has 0 fully saturated rings. The van der Waals surface area contributed by atoms with Crippen molar-refractivity contribution < 1.29 is 9.53 Å². The molecule has 0 aliphatic rings. The van der Waals surface area contributed by atoms with Gasteiger partial charge in [-0.25, -0.2) is 0 Å². The van der Waals surface area contributed by atoms with Crippen LogP contribution in [0, 0.1) is 22.7 Å². The Labute approximate surface area is 110 Å². The zero-order valence-corrected chi connectivity index (χ0v) is 10.5. The van der Waals surface area contributed by atoms with Gasteiger partial charge in [0.05, 0.1) is 12.8 Å². The second-order valence-electron chi connectivity index (χ2n) is 3.52. The maximum Gasteiger partial charge on any atom is 0.221 e. The van der Waals surface area contributed by atoms with E-state index in [1.807, 2.05) is 0 Å². The molecular weight excluding hydrogens is 244 g/mol. The van der Waals surface area contributed by atoms with Crippen LogP contribution in [0.2, 0.25) is 0 Å². The minimum atomic E-state index is -0.222. The number of nitrogens with one attached hydrogen (secondary N) is 2. The van der Waals surface area contributed by atoms with Gasteiger partial charge in [-0.15, -0.1) is 0 Å². The summed E-state index contributed by atoms with van der Waals surface area (Å²) in [5.74, 6) is 0.297. The lowest BCUT2D eigenvalue weighted by Gasteiger charge is -2.10. The average molecular weight is 256 g/mol. The smallest absolute Gasteiger partial charge is 0.221 e. The largest absolute Gasteiger partial charge is 0.495 e. The third-order valence-corrected chi connectivity index (χ3v) is 2.13. The Kier molecular flexibility index (Phi) is 4.94. The van der Waals surface area contributed by atoms with E-state index in [-0.39, 0.29) is 11.5 Å². The van der Waals surface area contributed by atoms with E-state index in [1.54, 1.807) is 30.3 Å². The van der Waals surface area contributed by atoms with Crippen molar-refractivity contribution in [3.8, 4) is 17.9 Å². The minimum absolute atomic E-state index is 0.0445. The van der Waals surface area contributed by atoms with Gasteiger partial charge in [-0.05, 0) is 18.2 Å². The minimum Gasteiger partial charge on any atom is -0.495 e. The van der Waals surface area contributed by atoms with Crippen LogP contribution >= 0.6 is 0 Å². The molecule has 0 aliphatic carbocycles. The van der Waals surface area contributed by atoms with Gasteiger partial charge >= 0.3 is 0 Å². The Hall–Kier alpha value is -2.99. The molecule has 0 spiro atoms. The first kappa shape index (κ1) is 14.1. The fourth-order valence-corrected chi connectivity index (χ4v) is 1.33. The van der Waals surface area contributed by atoms with Crippen molar-refractivity contribution in [2.75, 3.05) is 17.7 Å². The fourth-order valence-electron chi connectivity index (χ4n) is 1.33. The third-order valence-electron chi connectivity index (χ3n) is 2.13. The average Bonchev–Trinajstić information content (AvgIpc) is 2.39. The molecule has 0 radical (unpaired) electrons. The third kappa shape index (κ3) is 4.06. The molecule has 96 valence electrons. The van der Waals surface area contributed by atoms with Gasteiger partial charge in [0.2, 0.25) is 5.91 Å². The maximum absolute atomic E-state index is 11.1. The van der Waals surface area contributed by atoms with Crippen molar-refractivity contribution >= 4 is 17.3 Å². The molecule has 1 rings (SSSR count). The normalized spacial score (nSPS) is 8.63. The zero-order valence-electron chi connectivity index (χ0n) is 10.5. The number of carbonyl (C=O) groups is 1. The van der Waals surface area contributed by atoms with E-state index < -0.39 is 0 Å². The van der Waals surface area contributed by atoms with Gasteiger partial charge in [0.25, 0.3) is 0 Å². The summed E-state index contributed by atoms with van der Waals surface area (Å²) in [6.07, 6.45) is 1.29. The Balaban J connectivity index is 2.99. The van der Waals surface area contributed by atoms with Crippen molar-refractivity contribution in [2.45, 2.75) is 6.92 Å². The first-order valence-electron chi connectivity index (χ1n) is 5.33. The summed E-state index contributed by atoms with van der Waals surface area (Å²) < 4.78 is 5.11. The number of ether oxygens (including phenoxy) is 1.